The highest BCUT2D eigenvalue weighted by atomic mass is 19.1. The number of aryl methyl sites for hydroxylation is 2. The normalized spacial score (nSPS) is 11.6. The summed E-state index contributed by atoms with van der Waals surface area (Å²) in [6.45, 7) is 5.19. The predicted molar refractivity (Wildman–Crippen MR) is 89.1 cm³/mol. The van der Waals surface area contributed by atoms with E-state index in [1.165, 1.54) is 6.07 Å². The van der Waals surface area contributed by atoms with Crippen molar-refractivity contribution in [1.29, 1.82) is 0 Å². The zero-order valence-electron chi connectivity index (χ0n) is 13.8. The first-order valence-corrected chi connectivity index (χ1v) is 7.71. The predicted octanol–water partition coefficient (Wildman–Crippen LogP) is 2.38. The molecular weight excluding hydrogens is 295 g/mol. The molecule has 0 bridgehead atoms. The summed E-state index contributed by atoms with van der Waals surface area (Å²) in [6.07, 6.45) is 1.42. The molecule has 124 valence electrons. The first kappa shape index (κ1) is 17.0. The van der Waals surface area contributed by atoms with E-state index in [0.717, 1.165) is 30.0 Å². The molecule has 0 spiro atoms. The van der Waals surface area contributed by atoms with E-state index in [1.807, 2.05) is 19.9 Å². The molecule has 0 amide bonds. The molecule has 0 radical (unpaired) electrons. The lowest BCUT2D eigenvalue weighted by molar-refractivity contribution is 0.392. The van der Waals surface area contributed by atoms with Crippen LogP contribution in [0.15, 0.2) is 33.8 Å². The standard InChI is InChI=1S/C17H23FN4O/c1-12-15(13(2)23-22-12)9-11-21-17(19-3)20-10-8-14-6-4-5-7-16(14)18/h4-7H,8-11H2,1-3H3,(H2,19,20,21). The zero-order chi connectivity index (χ0) is 16.7. The van der Waals surface area contributed by atoms with Crippen molar-refractivity contribution in [2.45, 2.75) is 26.7 Å². The Kier molecular flexibility index (Phi) is 6.14. The third-order valence-electron chi connectivity index (χ3n) is 3.72. The van der Waals surface area contributed by atoms with Gasteiger partial charge in [0.2, 0.25) is 0 Å². The third-order valence-corrected chi connectivity index (χ3v) is 3.72. The second-order valence-electron chi connectivity index (χ2n) is 5.32. The second kappa shape index (κ2) is 8.31. The first-order chi connectivity index (χ1) is 11.1. The van der Waals surface area contributed by atoms with E-state index in [1.54, 1.807) is 19.2 Å². The molecule has 0 aliphatic carbocycles. The number of hydrogen-bond donors (Lipinski definition) is 2. The SMILES string of the molecule is CN=C(NCCc1ccccc1F)NCCc1c(C)noc1C. The van der Waals surface area contributed by atoms with Gasteiger partial charge in [0.25, 0.3) is 0 Å². The van der Waals surface area contributed by atoms with Gasteiger partial charge < -0.3 is 15.2 Å². The lowest BCUT2D eigenvalue weighted by Crippen LogP contribution is -2.39. The van der Waals surface area contributed by atoms with Gasteiger partial charge in [0, 0.05) is 25.7 Å². The van der Waals surface area contributed by atoms with Crippen LogP contribution in [0.25, 0.3) is 0 Å². The lowest BCUT2D eigenvalue weighted by atomic mass is 10.1. The van der Waals surface area contributed by atoms with Crippen LogP contribution in [0.4, 0.5) is 4.39 Å². The molecule has 0 aliphatic rings. The van der Waals surface area contributed by atoms with Gasteiger partial charge in [-0.05, 0) is 38.3 Å². The Balaban J connectivity index is 1.75. The molecule has 1 aromatic carbocycles. The summed E-state index contributed by atoms with van der Waals surface area (Å²) in [6, 6.07) is 6.81. The highest BCUT2D eigenvalue weighted by Gasteiger charge is 2.08. The van der Waals surface area contributed by atoms with E-state index >= 15 is 0 Å². The largest absolute Gasteiger partial charge is 0.361 e. The molecule has 5 nitrogen and oxygen atoms in total. The topological polar surface area (TPSA) is 62.5 Å². The maximum atomic E-state index is 13.5. The molecule has 0 saturated carbocycles. The summed E-state index contributed by atoms with van der Waals surface area (Å²) in [5.74, 6) is 1.38. The molecule has 0 fully saturated rings. The molecule has 0 aliphatic heterocycles. The minimum atomic E-state index is -0.171. The number of rotatable bonds is 6. The van der Waals surface area contributed by atoms with Crippen LogP contribution in [0, 0.1) is 19.7 Å². The van der Waals surface area contributed by atoms with Gasteiger partial charge in [-0.25, -0.2) is 4.39 Å². The first-order valence-electron chi connectivity index (χ1n) is 7.71. The second-order valence-corrected chi connectivity index (χ2v) is 5.32. The van der Waals surface area contributed by atoms with Gasteiger partial charge >= 0.3 is 0 Å². The summed E-state index contributed by atoms with van der Waals surface area (Å²) in [5.41, 5.74) is 2.75. The zero-order valence-corrected chi connectivity index (χ0v) is 13.8. The number of guanidine groups is 1. The van der Waals surface area contributed by atoms with Crippen molar-refractivity contribution in [2.75, 3.05) is 20.1 Å². The molecule has 0 unspecified atom stereocenters. The van der Waals surface area contributed by atoms with E-state index < -0.39 is 0 Å². The van der Waals surface area contributed by atoms with Gasteiger partial charge in [0.1, 0.15) is 11.6 Å². The van der Waals surface area contributed by atoms with Crippen LogP contribution >= 0.6 is 0 Å². The van der Waals surface area contributed by atoms with Crippen LogP contribution in [0.1, 0.15) is 22.6 Å². The van der Waals surface area contributed by atoms with Crippen molar-refractivity contribution in [2.24, 2.45) is 4.99 Å². The fourth-order valence-electron chi connectivity index (χ4n) is 2.40. The summed E-state index contributed by atoms with van der Waals surface area (Å²) >= 11 is 0. The van der Waals surface area contributed by atoms with Gasteiger partial charge in [-0.2, -0.15) is 0 Å². The van der Waals surface area contributed by atoms with Crippen molar-refractivity contribution in [3.05, 3.63) is 52.7 Å². The van der Waals surface area contributed by atoms with Gasteiger partial charge in [0.15, 0.2) is 5.96 Å². The minimum absolute atomic E-state index is 0.171. The Morgan fingerprint density at radius 1 is 1.17 bits per heavy atom. The molecule has 2 aromatic rings. The van der Waals surface area contributed by atoms with Gasteiger partial charge in [0.05, 0.1) is 5.69 Å². The summed E-state index contributed by atoms with van der Waals surface area (Å²) in [5, 5.41) is 10.4. The Morgan fingerprint density at radius 3 is 2.48 bits per heavy atom. The molecule has 2 rings (SSSR count). The van der Waals surface area contributed by atoms with Crippen molar-refractivity contribution in [3.8, 4) is 0 Å². The van der Waals surface area contributed by atoms with E-state index in [0.29, 0.717) is 24.5 Å². The van der Waals surface area contributed by atoms with E-state index in [9.17, 15) is 4.39 Å². The molecular formula is C17H23FN4O. The van der Waals surface area contributed by atoms with Crippen LogP contribution in [-0.4, -0.2) is 31.3 Å². The fraction of sp³-hybridized carbons (Fsp3) is 0.412. The number of halogens is 1. The van der Waals surface area contributed by atoms with Gasteiger partial charge in [-0.15, -0.1) is 0 Å². The Bertz CT molecular complexity index is 647. The van der Waals surface area contributed by atoms with E-state index in [4.69, 9.17) is 4.52 Å². The Labute approximate surface area is 136 Å². The molecule has 6 heteroatoms. The van der Waals surface area contributed by atoms with E-state index in [2.05, 4.69) is 20.8 Å². The van der Waals surface area contributed by atoms with Crippen LogP contribution in [0.3, 0.4) is 0 Å². The van der Waals surface area contributed by atoms with Crippen molar-refractivity contribution in [3.63, 3.8) is 0 Å². The van der Waals surface area contributed by atoms with Crippen molar-refractivity contribution < 1.29 is 8.91 Å². The maximum absolute atomic E-state index is 13.5. The molecule has 1 heterocycles. The Hall–Kier alpha value is -2.37. The number of nitrogens with one attached hydrogen (secondary N) is 2. The smallest absolute Gasteiger partial charge is 0.190 e. The molecule has 0 saturated heterocycles. The summed E-state index contributed by atoms with van der Waals surface area (Å²) < 4.78 is 18.7. The van der Waals surface area contributed by atoms with Gasteiger partial charge in [-0.1, -0.05) is 23.4 Å². The third kappa shape index (κ3) is 4.81. The number of nitrogens with zero attached hydrogens (tertiary/aromatic N) is 2. The molecule has 0 atom stereocenters. The van der Waals surface area contributed by atoms with Crippen molar-refractivity contribution >= 4 is 5.96 Å². The van der Waals surface area contributed by atoms with Crippen LogP contribution in [-0.2, 0) is 12.8 Å². The number of aromatic nitrogens is 1. The average Bonchev–Trinajstić information content (AvgIpc) is 2.86. The molecule has 1 aromatic heterocycles. The number of hydrogen-bond acceptors (Lipinski definition) is 3. The van der Waals surface area contributed by atoms with Crippen molar-refractivity contribution in [1.82, 2.24) is 15.8 Å². The molecule has 23 heavy (non-hydrogen) atoms. The summed E-state index contributed by atoms with van der Waals surface area (Å²) in [4.78, 5) is 4.17. The monoisotopic (exact) mass is 318 g/mol. The number of aliphatic imine (C=N–C) groups is 1. The fourth-order valence-corrected chi connectivity index (χ4v) is 2.40. The molecule has 2 N–H and O–H groups in total. The van der Waals surface area contributed by atoms with E-state index in [-0.39, 0.29) is 5.82 Å². The highest BCUT2D eigenvalue weighted by Crippen LogP contribution is 2.12. The minimum Gasteiger partial charge on any atom is -0.361 e. The summed E-state index contributed by atoms with van der Waals surface area (Å²) in [7, 11) is 1.72. The maximum Gasteiger partial charge on any atom is 0.190 e. The van der Waals surface area contributed by atoms with Crippen LogP contribution < -0.4 is 10.6 Å². The average molecular weight is 318 g/mol. The van der Waals surface area contributed by atoms with Crippen LogP contribution in [0.2, 0.25) is 0 Å². The highest BCUT2D eigenvalue weighted by molar-refractivity contribution is 5.79. The Morgan fingerprint density at radius 2 is 1.87 bits per heavy atom. The number of benzene rings is 1. The quantitative estimate of drug-likeness (QED) is 0.634. The van der Waals surface area contributed by atoms with Gasteiger partial charge in [-0.3, -0.25) is 4.99 Å². The lowest BCUT2D eigenvalue weighted by Gasteiger charge is -2.12. The van der Waals surface area contributed by atoms with Crippen LogP contribution in [0.5, 0.6) is 0 Å².